The minimum absolute atomic E-state index is 0.861. The molecular weight excluding hydrogens is 122 g/mol. The van der Waals surface area contributed by atoms with Gasteiger partial charge in [0.25, 0.3) is 0 Å². The van der Waals surface area contributed by atoms with E-state index < -0.39 is 0 Å². The Kier molecular flexibility index (Phi) is 7.04. The van der Waals surface area contributed by atoms with Crippen LogP contribution in [0.25, 0.3) is 0 Å². The SMILES string of the molecule is CC.CCCC1CCCN1. The van der Waals surface area contributed by atoms with E-state index in [0.717, 1.165) is 6.04 Å². The molecule has 1 aliphatic rings. The van der Waals surface area contributed by atoms with E-state index in [1.165, 1.54) is 32.2 Å². The highest BCUT2D eigenvalue weighted by molar-refractivity contribution is 4.72. The van der Waals surface area contributed by atoms with Crippen LogP contribution in [0.15, 0.2) is 0 Å². The molecule has 1 nitrogen and oxygen atoms in total. The largest absolute Gasteiger partial charge is 0.314 e. The molecule has 1 fully saturated rings. The molecule has 0 aromatic heterocycles. The van der Waals surface area contributed by atoms with Crippen LogP contribution in [0.3, 0.4) is 0 Å². The van der Waals surface area contributed by atoms with Gasteiger partial charge < -0.3 is 5.32 Å². The summed E-state index contributed by atoms with van der Waals surface area (Å²) >= 11 is 0. The van der Waals surface area contributed by atoms with Gasteiger partial charge in [0.1, 0.15) is 0 Å². The van der Waals surface area contributed by atoms with E-state index in [4.69, 9.17) is 0 Å². The molecular formula is C9H21N. The first kappa shape index (κ1) is 9.96. The summed E-state index contributed by atoms with van der Waals surface area (Å²) < 4.78 is 0. The molecule has 0 spiro atoms. The fourth-order valence-electron chi connectivity index (χ4n) is 1.35. The van der Waals surface area contributed by atoms with Gasteiger partial charge in [0.15, 0.2) is 0 Å². The molecule has 1 aliphatic heterocycles. The minimum atomic E-state index is 0.861. The van der Waals surface area contributed by atoms with Gasteiger partial charge >= 0.3 is 0 Å². The van der Waals surface area contributed by atoms with Crippen molar-refractivity contribution < 1.29 is 0 Å². The van der Waals surface area contributed by atoms with Crippen LogP contribution in [-0.4, -0.2) is 12.6 Å². The van der Waals surface area contributed by atoms with E-state index in [1.807, 2.05) is 13.8 Å². The van der Waals surface area contributed by atoms with Crippen LogP contribution < -0.4 is 5.32 Å². The average molecular weight is 143 g/mol. The summed E-state index contributed by atoms with van der Waals surface area (Å²) in [6.07, 6.45) is 5.51. The van der Waals surface area contributed by atoms with Crippen molar-refractivity contribution >= 4 is 0 Å². The van der Waals surface area contributed by atoms with Gasteiger partial charge in [-0.3, -0.25) is 0 Å². The number of nitrogens with one attached hydrogen (secondary N) is 1. The van der Waals surface area contributed by atoms with Crippen LogP contribution in [-0.2, 0) is 0 Å². The third kappa shape index (κ3) is 3.89. The third-order valence-electron chi connectivity index (χ3n) is 1.80. The summed E-state index contributed by atoms with van der Waals surface area (Å²) in [7, 11) is 0. The van der Waals surface area contributed by atoms with Crippen molar-refractivity contribution in [2.24, 2.45) is 0 Å². The van der Waals surface area contributed by atoms with Gasteiger partial charge in [-0.25, -0.2) is 0 Å². The first-order valence-corrected chi connectivity index (χ1v) is 4.67. The van der Waals surface area contributed by atoms with Crippen LogP contribution in [0.1, 0.15) is 46.5 Å². The molecule has 1 N–H and O–H groups in total. The Morgan fingerprint density at radius 1 is 1.40 bits per heavy atom. The minimum Gasteiger partial charge on any atom is -0.314 e. The first-order valence-electron chi connectivity index (χ1n) is 4.67. The highest BCUT2D eigenvalue weighted by atomic mass is 14.9. The van der Waals surface area contributed by atoms with Crippen molar-refractivity contribution in [3.63, 3.8) is 0 Å². The predicted octanol–water partition coefficient (Wildman–Crippen LogP) is 2.56. The lowest BCUT2D eigenvalue weighted by Crippen LogP contribution is -2.20. The fraction of sp³-hybridized carbons (Fsp3) is 1.00. The number of hydrogen-bond donors (Lipinski definition) is 1. The molecule has 0 radical (unpaired) electrons. The Balaban J connectivity index is 0.000000371. The molecule has 1 heteroatoms. The van der Waals surface area contributed by atoms with Gasteiger partial charge in [0, 0.05) is 6.04 Å². The van der Waals surface area contributed by atoms with E-state index in [-0.39, 0.29) is 0 Å². The monoisotopic (exact) mass is 143 g/mol. The number of rotatable bonds is 2. The Morgan fingerprint density at radius 2 is 2.10 bits per heavy atom. The Labute approximate surface area is 65.2 Å². The van der Waals surface area contributed by atoms with Gasteiger partial charge in [0.05, 0.1) is 0 Å². The molecule has 1 atom stereocenters. The molecule has 1 rings (SSSR count). The first-order chi connectivity index (χ1) is 4.93. The fourth-order valence-corrected chi connectivity index (χ4v) is 1.35. The molecule has 0 saturated carbocycles. The average Bonchev–Trinajstić information content (AvgIpc) is 2.46. The Bertz CT molecular complexity index is 55.7. The topological polar surface area (TPSA) is 12.0 Å². The highest BCUT2D eigenvalue weighted by Gasteiger charge is 2.11. The lowest BCUT2D eigenvalue weighted by atomic mass is 10.1. The van der Waals surface area contributed by atoms with E-state index in [1.54, 1.807) is 0 Å². The van der Waals surface area contributed by atoms with Crippen molar-refractivity contribution in [1.29, 1.82) is 0 Å². The van der Waals surface area contributed by atoms with Crippen molar-refractivity contribution in [3.05, 3.63) is 0 Å². The summed E-state index contributed by atoms with van der Waals surface area (Å²) in [4.78, 5) is 0. The van der Waals surface area contributed by atoms with Crippen LogP contribution in [0.2, 0.25) is 0 Å². The second kappa shape index (κ2) is 7.07. The molecule has 1 unspecified atom stereocenters. The van der Waals surface area contributed by atoms with Crippen molar-refractivity contribution in [3.8, 4) is 0 Å². The zero-order valence-electron chi connectivity index (χ0n) is 7.61. The van der Waals surface area contributed by atoms with Crippen molar-refractivity contribution in [1.82, 2.24) is 5.32 Å². The van der Waals surface area contributed by atoms with Crippen LogP contribution in [0, 0.1) is 0 Å². The van der Waals surface area contributed by atoms with Gasteiger partial charge in [-0.1, -0.05) is 27.2 Å². The van der Waals surface area contributed by atoms with E-state index >= 15 is 0 Å². The highest BCUT2D eigenvalue weighted by Crippen LogP contribution is 2.09. The third-order valence-corrected chi connectivity index (χ3v) is 1.80. The van der Waals surface area contributed by atoms with E-state index in [2.05, 4.69) is 12.2 Å². The second-order valence-electron chi connectivity index (χ2n) is 2.58. The maximum atomic E-state index is 3.46. The smallest absolute Gasteiger partial charge is 0.00674 e. The summed E-state index contributed by atoms with van der Waals surface area (Å²) in [6, 6.07) is 0.861. The summed E-state index contributed by atoms with van der Waals surface area (Å²) in [6.45, 7) is 7.50. The molecule has 0 bridgehead atoms. The van der Waals surface area contributed by atoms with Gasteiger partial charge in [0.2, 0.25) is 0 Å². The summed E-state index contributed by atoms with van der Waals surface area (Å²) in [5.41, 5.74) is 0. The van der Waals surface area contributed by atoms with Gasteiger partial charge in [-0.2, -0.15) is 0 Å². The molecule has 0 aromatic rings. The lowest BCUT2D eigenvalue weighted by molar-refractivity contribution is 0.551. The maximum Gasteiger partial charge on any atom is 0.00674 e. The van der Waals surface area contributed by atoms with Crippen LogP contribution in [0.5, 0.6) is 0 Å². The van der Waals surface area contributed by atoms with Gasteiger partial charge in [-0.05, 0) is 25.8 Å². The summed E-state index contributed by atoms with van der Waals surface area (Å²) in [5.74, 6) is 0. The number of hydrogen-bond acceptors (Lipinski definition) is 1. The zero-order chi connectivity index (χ0) is 7.82. The molecule has 1 saturated heterocycles. The van der Waals surface area contributed by atoms with Crippen molar-refractivity contribution in [2.75, 3.05) is 6.54 Å². The van der Waals surface area contributed by atoms with Crippen molar-refractivity contribution in [2.45, 2.75) is 52.5 Å². The quantitative estimate of drug-likeness (QED) is 0.626. The second-order valence-corrected chi connectivity index (χ2v) is 2.58. The maximum absolute atomic E-state index is 3.46. The molecule has 0 aromatic carbocycles. The van der Waals surface area contributed by atoms with Crippen LogP contribution >= 0.6 is 0 Å². The zero-order valence-corrected chi connectivity index (χ0v) is 7.61. The summed E-state index contributed by atoms with van der Waals surface area (Å²) in [5, 5.41) is 3.46. The Hall–Kier alpha value is -0.0400. The van der Waals surface area contributed by atoms with Gasteiger partial charge in [-0.15, -0.1) is 0 Å². The molecule has 10 heavy (non-hydrogen) atoms. The lowest BCUT2D eigenvalue weighted by Gasteiger charge is -2.05. The standard InChI is InChI=1S/C7H15N.C2H6/c1-2-4-7-5-3-6-8-7;1-2/h7-8H,2-6H2,1H3;1-2H3. The molecule has 1 heterocycles. The molecule has 0 amide bonds. The van der Waals surface area contributed by atoms with E-state index in [0.29, 0.717) is 0 Å². The van der Waals surface area contributed by atoms with Crippen LogP contribution in [0.4, 0.5) is 0 Å². The normalized spacial score (nSPS) is 23.7. The van der Waals surface area contributed by atoms with E-state index in [9.17, 15) is 0 Å². The Morgan fingerprint density at radius 3 is 2.50 bits per heavy atom. The predicted molar refractivity (Wildman–Crippen MR) is 47.3 cm³/mol. The molecule has 0 aliphatic carbocycles. The molecule has 62 valence electrons.